The predicted octanol–water partition coefficient (Wildman–Crippen LogP) is 2.56. The molecule has 5 nitrogen and oxygen atoms in total. The third kappa shape index (κ3) is 4.10. The van der Waals surface area contributed by atoms with E-state index in [0.29, 0.717) is 12.5 Å². The van der Waals surface area contributed by atoms with Crippen molar-refractivity contribution in [1.29, 1.82) is 0 Å². The number of halogens is 2. The fourth-order valence-electron chi connectivity index (χ4n) is 2.16. The number of amides is 1. The molecule has 0 atom stereocenters. The van der Waals surface area contributed by atoms with Crippen LogP contribution in [0.2, 0.25) is 10.0 Å². The van der Waals surface area contributed by atoms with Gasteiger partial charge < -0.3 is 5.32 Å². The topological polar surface area (TPSA) is 89.3 Å². The van der Waals surface area contributed by atoms with Crippen LogP contribution in [0.4, 0.5) is 0 Å². The maximum atomic E-state index is 12.1. The van der Waals surface area contributed by atoms with Gasteiger partial charge in [0.1, 0.15) is 0 Å². The van der Waals surface area contributed by atoms with Gasteiger partial charge in [-0.15, -0.1) is 0 Å². The number of hydrogen-bond acceptors (Lipinski definition) is 3. The van der Waals surface area contributed by atoms with E-state index in [2.05, 4.69) is 5.32 Å². The molecule has 8 heteroatoms. The first kappa shape index (κ1) is 16.5. The second-order valence-electron chi connectivity index (χ2n) is 5.15. The number of nitrogens with two attached hydrogens (primary N) is 1. The summed E-state index contributed by atoms with van der Waals surface area (Å²) >= 11 is 11.8. The van der Waals surface area contributed by atoms with Gasteiger partial charge in [-0.3, -0.25) is 4.79 Å². The average Bonchev–Trinajstić information content (AvgIpc) is 2.33. The van der Waals surface area contributed by atoms with Gasteiger partial charge in [-0.2, -0.15) is 0 Å². The molecule has 0 saturated heterocycles. The zero-order valence-electron chi connectivity index (χ0n) is 11.2. The van der Waals surface area contributed by atoms with Gasteiger partial charge in [-0.1, -0.05) is 42.5 Å². The van der Waals surface area contributed by atoms with Crippen molar-refractivity contribution in [2.75, 3.05) is 6.54 Å². The van der Waals surface area contributed by atoms with E-state index in [1.165, 1.54) is 19.3 Å². The Balaban J connectivity index is 2.13. The molecule has 1 saturated carbocycles. The monoisotopic (exact) mass is 350 g/mol. The first-order valence-electron chi connectivity index (χ1n) is 6.59. The van der Waals surface area contributed by atoms with Gasteiger partial charge in [0.2, 0.25) is 10.0 Å². The molecule has 0 aliphatic heterocycles. The van der Waals surface area contributed by atoms with E-state index in [4.69, 9.17) is 28.3 Å². The highest BCUT2D eigenvalue weighted by Gasteiger charge is 2.20. The highest BCUT2D eigenvalue weighted by atomic mass is 35.5. The second kappa shape index (κ2) is 6.52. The van der Waals surface area contributed by atoms with Crippen LogP contribution >= 0.6 is 23.2 Å². The molecule has 1 fully saturated rings. The van der Waals surface area contributed by atoms with Crippen LogP contribution in [-0.2, 0) is 10.0 Å². The number of primary sulfonamides is 1. The summed E-state index contributed by atoms with van der Waals surface area (Å²) in [6.45, 7) is 0.525. The molecule has 1 aliphatic carbocycles. The number of hydrogen-bond donors (Lipinski definition) is 2. The van der Waals surface area contributed by atoms with Crippen molar-refractivity contribution in [2.45, 2.75) is 30.6 Å². The summed E-state index contributed by atoms with van der Waals surface area (Å²) in [7, 11) is -3.95. The summed E-state index contributed by atoms with van der Waals surface area (Å²) in [4.78, 5) is 11.9. The lowest BCUT2D eigenvalue weighted by atomic mass is 9.83. The Labute approximate surface area is 133 Å². The summed E-state index contributed by atoms with van der Waals surface area (Å²) in [5, 5.41) is 7.77. The molecule has 1 aliphatic rings. The van der Waals surface area contributed by atoms with Crippen LogP contribution in [0.5, 0.6) is 0 Å². The molecule has 1 aromatic rings. The van der Waals surface area contributed by atoms with Gasteiger partial charge in [0, 0.05) is 6.54 Å². The maximum Gasteiger partial charge on any atom is 0.252 e. The van der Waals surface area contributed by atoms with Crippen molar-refractivity contribution in [2.24, 2.45) is 11.1 Å². The Bertz CT molecular complexity index is 658. The van der Waals surface area contributed by atoms with E-state index >= 15 is 0 Å². The Hall–Kier alpha value is -0.820. The summed E-state index contributed by atoms with van der Waals surface area (Å²) < 4.78 is 22.7. The van der Waals surface area contributed by atoms with E-state index in [1.807, 2.05) is 0 Å². The lowest BCUT2D eigenvalue weighted by Crippen LogP contribution is -2.28. The molecule has 0 radical (unpaired) electrons. The quantitative estimate of drug-likeness (QED) is 0.854. The molecule has 116 valence electrons. The lowest BCUT2D eigenvalue weighted by Gasteiger charge is -2.25. The van der Waals surface area contributed by atoms with Crippen LogP contribution in [0.1, 0.15) is 36.0 Å². The SMILES string of the molecule is NS(=O)(=O)c1cc(Cl)c(Cl)c(C(=O)NCCC2CCC2)c1. The summed E-state index contributed by atoms with van der Waals surface area (Å²) in [6, 6.07) is 2.27. The van der Waals surface area contributed by atoms with Crippen LogP contribution in [0.3, 0.4) is 0 Å². The minimum Gasteiger partial charge on any atom is -0.352 e. The average molecular weight is 351 g/mol. The normalized spacial score (nSPS) is 15.6. The van der Waals surface area contributed by atoms with E-state index in [0.717, 1.165) is 18.6 Å². The van der Waals surface area contributed by atoms with Crippen molar-refractivity contribution < 1.29 is 13.2 Å². The molecule has 0 bridgehead atoms. The highest BCUT2D eigenvalue weighted by Crippen LogP contribution is 2.30. The third-order valence-electron chi connectivity index (χ3n) is 3.64. The minimum absolute atomic E-state index is 0.0156. The van der Waals surface area contributed by atoms with Crippen molar-refractivity contribution in [1.82, 2.24) is 5.32 Å². The van der Waals surface area contributed by atoms with Crippen LogP contribution in [0.15, 0.2) is 17.0 Å². The largest absolute Gasteiger partial charge is 0.352 e. The number of rotatable bonds is 5. The lowest BCUT2D eigenvalue weighted by molar-refractivity contribution is 0.0949. The predicted molar refractivity (Wildman–Crippen MR) is 82.1 cm³/mol. The molecule has 0 unspecified atom stereocenters. The fraction of sp³-hybridized carbons (Fsp3) is 0.462. The van der Waals surface area contributed by atoms with E-state index in [-0.39, 0.29) is 20.5 Å². The third-order valence-corrected chi connectivity index (χ3v) is 5.33. The van der Waals surface area contributed by atoms with Gasteiger partial charge in [-0.25, -0.2) is 13.6 Å². The Morgan fingerprint density at radius 3 is 2.52 bits per heavy atom. The summed E-state index contributed by atoms with van der Waals surface area (Å²) in [5.74, 6) is 0.215. The van der Waals surface area contributed by atoms with Crippen LogP contribution in [0.25, 0.3) is 0 Å². The first-order chi connectivity index (χ1) is 9.79. The molecule has 21 heavy (non-hydrogen) atoms. The van der Waals surface area contributed by atoms with Crippen LogP contribution < -0.4 is 10.5 Å². The molecular formula is C13H16Cl2N2O3S. The van der Waals surface area contributed by atoms with Crippen LogP contribution in [-0.4, -0.2) is 20.9 Å². The zero-order chi connectivity index (χ0) is 15.6. The second-order valence-corrected chi connectivity index (χ2v) is 7.50. The van der Waals surface area contributed by atoms with Gasteiger partial charge in [-0.05, 0) is 24.5 Å². The zero-order valence-corrected chi connectivity index (χ0v) is 13.6. The summed E-state index contributed by atoms with van der Waals surface area (Å²) in [6.07, 6.45) is 4.55. The van der Waals surface area contributed by atoms with E-state index in [9.17, 15) is 13.2 Å². The molecule has 3 N–H and O–H groups in total. The van der Waals surface area contributed by atoms with Crippen molar-refractivity contribution in [3.05, 3.63) is 27.7 Å². The summed E-state index contributed by atoms with van der Waals surface area (Å²) in [5.41, 5.74) is 0.0156. The molecule has 0 heterocycles. The fourth-order valence-corrected chi connectivity index (χ4v) is 3.20. The first-order valence-corrected chi connectivity index (χ1v) is 8.89. The molecule has 0 spiro atoms. The number of nitrogens with one attached hydrogen (secondary N) is 1. The Morgan fingerprint density at radius 2 is 2.00 bits per heavy atom. The number of carbonyl (C=O) groups is 1. The van der Waals surface area contributed by atoms with Gasteiger partial charge >= 0.3 is 0 Å². The van der Waals surface area contributed by atoms with Crippen LogP contribution in [0, 0.1) is 5.92 Å². The van der Waals surface area contributed by atoms with E-state index in [1.54, 1.807) is 0 Å². The van der Waals surface area contributed by atoms with Crippen molar-refractivity contribution in [3.8, 4) is 0 Å². The van der Waals surface area contributed by atoms with Gasteiger partial charge in [0.15, 0.2) is 0 Å². The Morgan fingerprint density at radius 1 is 1.33 bits per heavy atom. The van der Waals surface area contributed by atoms with Crippen molar-refractivity contribution in [3.63, 3.8) is 0 Å². The van der Waals surface area contributed by atoms with Gasteiger partial charge in [0.05, 0.1) is 20.5 Å². The molecule has 2 rings (SSSR count). The molecule has 1 aromatic carbocycles. The minimum atomic E-state index is -3.95. The Kier molecular flexibility index (Phi) is 5.14. The highest BCUT2D eigenvalue weighted by molar-refractivity contribution is 7.89. The molecular weight excluding hydrogens is 335 g/mol. The number of benzene rings is 1. The standard InChI is InChI=1S/C13H16Cl2N2O3S/c14-11-7-9(21(16,19)20)6-10(12(11)15)13(18)17-5-4-8-2-1-3-8/h6-8H,1-5H2,(H,17,18)(H2,16,19,20). The van der Waals surface area contributed by atoms with Crippen molar-refractivity contribution >= 4 is 39.1 Å². The molecule has 1 amide bonds. The van der Waals surface area contributed by atoms with Gasteiger partial charge in [0.25, 0.3) is 5.91 Å². The molecule has 0 aromatic heterocycles. The number of sulfonamides is 1. The smallest absolute Gasteiger partial charge is 0.252 e. The maximum absolute atomic E-state index is 12.1. The number of carbonyl (C=O) groups excluding carboxylic acids is 1. The van der Waals surface area contributed by atoms with E-state index < -0.39 is 15.9 Å².